The van der Waals surface area contributed by atoms with E-state index in [4.69, 9.17) is 4.42 Å². The van der Waals surface area contributed by atoms with Crippen LogP contribution in [0.3, 0.4) is 0 Å². The fourth-order valence-corrected chi connectivity index (χ4v) is 1.37. The lowest BCUT2D eigenvalue weighted by atomic mass is 10.2. The van der Waals surface area contributed by atoms with Crippen LogP contribution in [-0.2, 0) is 0 Å². The number of anilines is 1. The van der Waals surface area contributed by atoms with Crippen LogP contribution in [0.5, 0.6) is 0 Å². The van der Waals surface area contributed by atoms with E-state index in [2.05, 4.69) is 10.5 Å². The lowest BCUT2D eigenvalue weighted by Gasteiger charge is -2.04. The Kier molecular flexibility index (Phi) is 3.43. The zero-order valence-corrected chi connectivity index (χ0v) is 9.71. The topological polar surface area (TPSA) is 77.7 Å². The van der Waals surface area contributed by atoms with E-state index in [0.29, 0.717) is 17.2 Å². The van der Waals surface area contributed by atoms with Crippen LogP contribution >= 0.6 is 0 Å². The van der Waals surface area contributed by atoms with E-state index in [1.807, 2.05) is 0 Å². The van der Waals surface area contributed by atoms with Crippen LogP contribution in [0.15, 0.2) is 52.2 Å². The summed E-state index contributed by atoms with van der Waals surface area (Å²) in [5, 5.41) is 14.7. The molecule has 2 aromatic rings. The zero-order chi connectivity index (χ0) is 13.0. The number of furan rings is 1. The van der Waals surface area contributed by atoms with Crippen LogP contribution < -0.4 is 10.5 Å². The molecular weight excluding hydrogens is 232 g/mol. The van der Waals surface area contributed by atoms with Gasteiger partial charge in [0.25, 0.3) is 0 Å². The van der Waals surface area contributed by atoms with Crippen LogP contribution in [0.4, 0.5) is 5.69 Å². The Labute approximate surface area is 104 Å². The molecular formula is C13H11N2O3-. The average Bonchev–Trinajstić information content (AvgIpc) is 2.90. The predicted molar refractivity (Wildman–Crippen MR) is 65.3 cm³/mol. The highest BCUT2D eigenvalue weighted by Crippen LogP contribution is 2.10. The van der Waals surface area contributed by atoms with Gasteiger partial charge >= 0.3 is 0 Å². The number of carbonyl (C=O) groups excluding carboxylic acids is 1. The molecule has 92 valence electrons. The van der Waals surface area contributed by atoms with E-state index in [9.17, 15) is 9.90 Å². The molecule has 0 bridgehead atoms. The number of hydrogen-bond donors (Lipinski definition) is 1. The highest BCUT2D eigenvalue weighted by atomic mass is 16.4. The van der Waals surface area contributed by atoms with Crippen molar-refractivity contribution in [3.05, 3.63) is 54.0 Å². The number of rotatable bonds is 4. The first-order valence-electron chi connectivity index (χ1n) is 5.32. The van der Waals surface area contributed by atoms with Gasteiger partial charge in [-0.1, -0.05) is 12.1 Å². The van der Waals surface area contributed by atoms with Crippen molar-refractivity contribution in [3.8, 4) is 0 Å². The van der Waals surface area contributed by atoms with Crippen molar-refractivity contribution in [2.45, 2.75) is 6.92 Å². The molecule has 0 radical (unpaired) electrons. The van der Waals surface area contributed by atoms with E-state index in [-0.39, 0.29) is 5.56 Å². The fourth-order valence-electron chi connectivity index (χ4n) is 1.37. The first-order valence-corrected chi connectivity index (χ1v) is 5.32. The second kappa shape index (κ2) is 5.18. The molecule has 0 aliphatic heterocycles. The number of carboxylic acid groups (broad SMARTS) is 1. The van der Waals surface area contributed by atoms with Crippen LogP contribution in [-0.4, -0.2) is 11.7 Å². The molecule has 0 unspecified atom stereocenters. The zero-order valence-electron chi connectivity index (χ0n) is 9.71. The predicted octanol–water partition coefficient (Wildman–Crippen LogP) is 1.48. The Morgan fingerprint density at radius 1 is 1.28 bits per heavy atom. The summed E-state index contributed by atoms with van der Waals surface area (Å²) in [5.74, 6) is -0.523. The first-order chi connectivity index (χ1) is 8.66. The Bertz CT molecular complexity index is 556. The molecule has 18 heavy (non-hydrogen) atoms. The van der Waals surface area contributed by atoms with Gasteiger partial charge in [0.1, 0.15) is 11.5 Å². The van der Waals surface area contributed by atoms with Gasteiger partial charge in [-0.3, -0.25) is 5.43 Å². The van der Waals surface area contributed by atoms with E-state index >= 15 is 0 Å². The smallest absolute Gasteiger partial charge is 0.149 e. The Hall–Kier alpha value is -2.56. The minimum absolute atomic E-state index is 0.132. The van der Waals surface area contributed by atoms with Gasteiger partial charge in [0.05, 0.1) is 17.9 Å². The normalized spacial score (nSPS) is 11.3. The molecule has 0 saturated heterocycles. The van der Waals surface area contributed by atoms with Gasteiger partial charge in [-0.2, -0.15) is 5.10 Å². The highest BCUT2D eigenvalue weighted by Gasteiger charge is 1.99. The van der Waals surface area contributed by atoms with Crippen LogP contribution in [0.25, 0.3) is 0 Å². The number of hydrazone groups is 1. The van der Waals surface area contributed by atoms with E-state index in [1.54, 1.807) is 37.5 Å². The standard InChI is InChI=1S/C13H12N2O3/c1-9(12-3-2-8-18-12)14-15-11-6-4-10(5-7-11)13(16)17/h2-8,15H,1H3,(H,16,17)/p-1/b14-9-. The summed E-state index contributed by atoms with van der Waals surface area (Å²) in [4.78, 5) is 10.6. The second-order valence-electron chi connectivity index (χ2n) is 3.65. The Balaban J connectivity index is 2.06. The second-order valence-corrected chi connectivity index (χ2v) is 3.65. The average molecular weight is 243 g/mol. The molecule has 0 amide bonds. The van der Waals surface area contributed by atoms with Gasteiger partial charge in [-0.15, -0.1) is 0 Å². The lowest BCUT2D eigenvalue weighted by molar-refractivity contribution is -0.255. The number of nitrogens with zero attached hydrogens (tertiary/aromatic N) is 1. The lowest BCUT2D eigenvalue weighted by Crippen LogP contribution is -2.21. The number of carbonyl (C=O) groups is 1. The summed E-state index contributed by atoms with van der Waals surface area (Å²) >= 11 is 0. The van der Waals surface area contributed by atoms with Gasteiger partial charge in [0.2, 0.25) is 0 Å². The molecule has 1 N–H and O–H groups in total. The van der Waals surface area contributed by atoms with E-state index in [0.717, 1.165) is 0 Å². The maximum Gasteiger partial charge on any atom is 0.149 e. The third-order valence-corrected chi connectivity index (χ3v) is 2.35. The quantitative estimate of drug-likeness (QED) is 0.651. The van der Waals surface area contributed by atoms with Gasteiger partial charge in [0, 0.05) is 0 Å². The minimum atomic E-state index is -1.20. The summed E-state index contributed by atoms with van der Waals surface area (Å²) in [6.45, 7) is 1.81. The van der Waals surface area contributed by atoms with Crippen molar-refractivity contribution in [2.24, 2.45) is 5.10 Å². The van der Waals surface area contributed by atoms with E-state index in [1.165, 1.54) is 12.1 Å². The molecule has 1 aromatic heterocycles. The summed E-state index contributed by atoms with van der Waals surface area (Å²) in [5.41, 5.74) is 4.33. The van der Waals surface area contributed by atoms with Crippen molar-refractivity contribution < 1.29 is 14.3 Å². The molecule has 0 saturated carbocycles. The van der Waals surface area contributed by atoms with Crippen molar-refractivity contribution in [1.82, 2.24) is 0 Å². The van der Waals surface area contributed by atoms with Crippen molar-refractivity contribution >= 4 is 17.4 Å². The number of carboxylic acids is 1. The molecule has 1 aromatic carbocycles. The molecule has 5 heteroatoms. The number of nitrogens with one attached hydrogen (secondary N) is 1. The first kappa shape index (κ1) is 11.9. The van der Waals surface area contributed by atoms with Crippen LogP contribution in [0.1, 0.15) is 23.0 Å². The summed E-state index contributed by atoms with van der Waals surface area (Å²) in [7, 11) is 0. The summed E-state index contributed by atoms with van der Waals surface area (Å²) < 4.78 is 5.18. The summed E-state index contributed by atoms with van der Waals surface area (Å²) in [6, 6.07) is 9.72. The van der Waals surface area contributed by atoms with Gasteiger partial charge in [-0.25, -0.2) is 0 Å². The van der Waals surface area contributed by atoms with E-state index < -0.39 is 5.97 Å². The Morgan fingerprint density at radius 3 is 2.56 bits per heavy atom. The molecule has 0 fully saturated rings. The maximum absolute atomic E-state index is 10.6. The largest absolute Gasteiger partial charge is 0.545 e. The van der Waals surface area contributed by atoms with Gasteiger partial charge in [0.15, 0.2) is 0 Å². The highest BCUT2D eigenvalue weighted by molar-refractivity contribution is 5.96. The SMILES string of the molecule is C/C(=N/Nc1ccc(C(=O)[O-])cc1)c1ccco1. The molecule has 0 atom stereocenters. The molecule has 0 spiro atoms. The molecule has 1 heterocycles. The van der Waals surface area contributed by atoms with Gasteiger partial charge < -0.3 is 14.3 Å². The number of aromatic carboxylic acids is 1. The number of hydrogen-bond acceptors (Lipinski definition) is 5. The van der Waals surface area contributed by atoms with Gasteiger partial charge in [-0.05, 0) is 36.8 Å². The van der Waals surface area contributed by atoms with Crippen molar-refractivity contribution in [1.29, 1.82) is 0 Å². The van der Waals surface area contributed by atoms with Crippen molar-refractivity contribution in [2.75, 3.05) is 5.43 Å². The molecule has 0 aliphatic carbocycles. The van der Waals surface area contributed by atoms with Crippen LogP contribution in [0, 0.1) is 0 Å². The maximum atomic E-state index is 10.6. The van der Waals surface area contributed by atoms with Crippen molar-refractivity contribution in [3.63, 3.8) is 0 Å². The number of benzene rings is 1. The minimum Gasteiger partial charge on any atom is -0.545 e. The monoisotopic (exact) mass is 243 g/mol. The molecule has 2 rings (SSSR count). The molecule has 0 aliphatic rings. The third kappa shape index (κ3) is 2.76. The third-order valence-electron chi connectivity index (χ3n) is 2.35. The fraction of sp³-hybridized carbons (Fsp3) is 0.0769. The summed E-state index contributed by atoms with van der Waals surface area (Å²) in [6.07, 6.45) is 1.57. The molecule has 5 nitrogen and oxygen atoms in total. The Morgan fingerprint density at radius 2 is 2.00 bits per heavy atom. The van der Waals surface area contributed by atoms with Crippen LogP contribution in [0.2, 0.25) is 0 Å².